The third kappa shape index (κ3) is 1.91. The lowest BCUT2D eigenvalue weighted by Crippen LogP contribution is -2.18. The number of rotatable bonds is 3. The van der Waals surface area contributed by atoms with E-state index in [2.05, 4.69) is 4.98 Å². The molecule has 0 N–H and O–H groups in total. The molecule has 3 heteroatoms. The molecule has 3 unspecified atom stereocenters. The van der Waals surface area contributed by atoms with E-state index in [0.717, 1.165) is 30.1 Å². The normalized spacial score (nSPS) is 31.9. The van der Waals surface area contributed by atoms with Gasteiger partial charge in [-0.05, 0) is 49.1 Å². The lowest BCUT2D eigenvalue weighted by molar-refractivity contribution is 0.195. The minimum absolute atomic E-state index is 0.477. The van der Waals surface area contributed by atoms with E-state index < -0.39 is 0 Å². The quantitative estimate of drug-likeness (QED) is 0.750. The van der Waals surface area contributed by atoms with Crippen LogP contribution in [-0.4, -0.2) is 11.6 Å². The number of nitrogens with zero attached hydrogens (tertiary/aromatic N) is 1. The Morgan fingerprint density at radius 1 is 1.38 bits per heavy atom. The summed E-state index contributed by atoms with van der Waals surface area (Å²) in [4.78, 5) is 4.01. The maximum absolute atomic E-state index is 5.95. The van der Waals surface area contributed by atoms with Crippen LogP contribution in [0.4, 0.5) is 0 Å². The van der Waals surface area contributed by atoms with Crippen LogP contribution in [0, 0.1) is 17.8 Å². The molecule has 0 aromatic carbocycles. The second kappa shape index (κ2) is 4.25. The summed E-state index contributed by atoms with van der Waals surface area (Å²) < 4.78 is 5.78. The van der Waals surface area contributed by atoms with Gasteiger partial charge in [0.15, 0.2) is 10.9 Å². The summed E-state index contributed by atoms with van der Waals surface area (Å²) in [5, 5.41) is 0.477. The van der Waals surface area contributed by atoms with Gasteiger partial charge in [-0.15, -0.1) is 0 Å². The van der Waals surface area contributed by atoms with Crippen molar-refractivity contribution in [3.63, 3.8) is 0 Å². The van der Waals surface area contributed by atoms with Crippen LogP contribution in [-0.2, 0) is 0 Å². The molecule has 86 valence electrons. The number of ether oxygens (including phenoxy) is 1. The Balaban J connectivity index is 1.59. The van der Waals surface area contributed by atoms with Crippen molar-refractivity contribution in [3.05, 3.63) is 23.5 Å². The van der Waals surface area contributed by atoms with Gasteiger partial charge in [-0.25, -0.2) is 4.98 Å². The zero-order valence-electron chi connectivity index (χ0n) is 9.23. The van der Waals surface area contributed by atoms with E-state index in [1.807, 2.05) is 12.1 Å². The predicted molar refractivity (Wildman–Crippen MR) is 63.7 cm³/mol. The Labute approximate surface area is 101 Å². The summed E-state index contributed by atoms with van der Waals surface area (Å²) in [6.07, 6.45) is 7.30. The fraction of sp³-hybridized carbons (Fsp3) is 0.615. The van der Waals surface area contributed by atoms with Crippen molar-refractivity contribution in [1.82, 2.24) is 4.98 Å². The van der Waals surface area contributed by atoms with Crippen LogP contribution >= 0.6 is 11.6 Å². The first kappa shape index (κ1) is 10.4. The number of aromatic nitrogens is 1. The first-order chi connectivity index (χ1) is 7.83. The summed E-state index contributed by atoms with van der Waals surface area (Å²) in [7, 11) is 0. The molecule has 2 nitrogen and oxygen atoms in total. The van der Waals surface area contributed by atoms with E-state index >= 15 is 0 Å². The molecule has 2 fully saturated rings. The molecular weight excluding hydrogens is 222 g/mol. The number of fused-ring (bicyclic) bond motifs is 2. The lowest BCUT2D eigenvalue weighted by Gasteiger charge is -2.21. The van der Waals surface area contributed by atoms with E-state index in [-0.39, 0.29) is 0 Å². The summed E-state index contributed by atoms with van der Waals surface area (Å²) in [6.45, 7) is 0.812. The Morgan fingerprint density at radius 2 is 2.31 bits per heavy atom. The summed E-state index contributed by atoms with van der Waals surface area (Å²) in [6, 6.07) is 3.75. The van der Waals surface area contributed by atoms with E-state index in [4.69, 9.17) is 16.3 Å². The molecule has 2 saturated carbocycles. The molecule has 1 heterocycles. The van der Waals surface area contributed by atoms with Gasteiger partial charge < -0.3 is 4.74 Å². The van der Waals surface area contributed by atoms with Gasteiger partial charge in [-0.3, -0.25) is 0 Å². The molecule has 0 saturated heterocycles. The minimum Gasteiger partial charge on any atom is -0.490 e. The van der Waals surface area contributed by atoms with Gasteiger partial charge in [-0.1, -0.05) is 18.0 Å². The Bertz CT molecular complexity index is 382. The van der Waals surface area contributed by atoms with Crippen LogP contribution in [0.3, 0.4) is 0 Å². The molecule has 1 aromatic rings. The van der Waals surface area contributed by atoms with E-state index in [1.165, 1.54) is 25.7 Å². The van der Waals surface area contributed by atoms with Crippen LogP contribution in [0.1, 0.15) is 25.7 Å². The molecule has 2 bridgehead atoms. The van der Waals surface area contributed by atoms with E-state index in [0.29, 0.717) is 5.15 Å². The van der Waals surface area contributed by atoms with Gasteiger partial charge in [0.25, 0.3) is 0 Å². The highest BCUT2D eigenvalue weighted by atomic mass is 35.5. The highest BCUT2D eigenvalue weighted by Crippen LogP contribution is 2.48. The van der Waals surface area contributed by atoms with Gasteiger partial charge in [0.05, 0.1) is 6.61 Å². The Hall–Kier alpha value is -0.760. The zero-order chi connectivity index (χ0) is 11.0. The molecule has 1 aromatic heterocycles. The van der Waals surface area contributed by atoms with Crippen LogP contribution in [0.25, 0.3) is 0 Å². The van der Waals surface area contributed by atoms with Gasteiger partial charge in [0.1, 0.15) is 0 Å². The number of hydrogen-bond donors (Lipinski definition) is 0. The van der Waals surface area contributed by atoms with Gasteiger partial charge >= 0.3 is 0 Å². The fourth-order valence-corrected chi connectivity index (χ4v) is 3.43. The number of pyridine rings is 1. The molecule has 2 aliphatic rings. The van der Waals surface area contributed by atoms with Gasteiger partial charge in [-0.2, -0.15) is 0 Å². The van der Waals surface area contributed by atoms with Gasteiger partial charge in [0, 0.05) is 6.20 Å². The van der Waals surface area contributed by atoms with Crippen molar-refractivity contribution >= 4 is 11.6 Å². The average Bonchev–Trinajstić information content (AvgIpc) is 2.90. The predicted octanol–water partition coefficient (Wildman–Crippen LogP) is 3.55. The van der Waals surface area contributed by atoms with Crippen molar-refractivity contribution in [2.24, 2.45) is 17.8 Å². The van der Waals surface area contributed by atoms with Crippen LogP contribution in [0.2, 0.25) is 5.15 Å². The van der Waals surface area contributed by atoms with Crippen molar-refractivity contribution in [2.75, 3.05) is 6.61 Å². The molecule has 0 aliphatic heterocycles. The van der Waals surface area contributed by atoms with Crippen molar-refractivity contribution in [2.45, 2.75) is 25.7 Å². The highest BCUT2D eigenvalue weighted by molar-refractivity contribution is 6.30. The first-order valence-corrected chi connectivity index (χ1v) is 6.44. The topological polar surface area (TPSA) is 22.1 Å². The van der Waals surface area contributed by atoms with Crippen LogP contribution in [0.5, 0.6) is 5.75 Å². The number of halogens is 1. The monoisotopic (exact) mass is 237 g/mol. The summed E-state index contributed by atoms with van der Waals surface area (Å²) in [5.41, 5.74) is 0. The second-order valence-electron chi connectivity index (χ2n) is 5.04. The van der Waals surface area contributed by atoms with Crippen LogP contribution < -0.4 is 4.74 Å². The molecule has 3 rings (SSSR count). The average molecular weight is 238 g/mol. The summed E-state index contributed by atoms with van der Waals surface area (Å²) >= 11 is 5.95. The van der Waals surface area contributed by atoms with E-state index in [1.54, 1.807) is 6.20 Å². The van der Waals surface area contributed by atoms with Crippen LogP contribution in [0.15, 0.2) is 18.3 Å². The zero-order valence-corrected chi connectivity index (χ0v) is 9.99. The highest BCUT2D eigenvalue weighted by Gasteiger charge is 2.39. The molecule has 2 aliphatic carbocycles. The van der Waals surface area contributed by atoms with Gasteiger partial charge in [0.2, 0.25) is 0 Å². The fourth-order valence-electron chi connectivity index (χ4n) is 3.26. The maximum atomic E-state index is 5.95. The number of hydrogen-bond acceptors (Lipinski definition) is 2. The SMILES string of the molecule is Clc1ncccc1OCC1CC2CCC1C2. The van der Waals surface area contributed by atoms with Crippen molar-refractivity contribution in [1.29, 1.82) is 0 Å². The van der Waals surface area contributed by atoms with Crippen molar-refractivity contribution in [3.8, 4) is 5.75 Å². The Kier molecular flexibility index (Phi) is 2.76. The van der Waals surface area contributed by atoms with Crippen molar-refractivity contribution < 1.29 is 4.74 Å². The Morgan fingerprint density at radius 3 is 3.00 bits per heavy atom. The molecule has 0 radical (unpaired) electrons. The molecule has 3 atom stereocenters. The second-order valence-corrected chi connectivity index (χ2v) is 5.40. The molecule has 0 amide bonds. The summed E-state index contributed by atoms with van der Waals surface area (Å²) in [5.74, 6) is 3.35. The van der Waals surface area contributed by atoms with E-state index in [9.17, 15) is 0 Å². The first-order valence-electron chi connectivity index (χ1n) is 6.06. The molecular formula is C13H16ClNO. The molecule has 16 heavy (non-hydrogen) atoms. The smallest absolute Gasteiger partial charge is 0.171 e. The minimum atomic E-state index is 0.477. The third-order valence-corrected chi connectivity index (χ3v) is 4.35. The molecule has 0 spiro atoms. The lowest BCUT2D eigenvalue weighted by atomic mass is 9.90. The third-order valence-electron chi connectivity index (χ3n) is 4.06. The standard InChI is InChI=1S/C13H16ClNO/c14-13-12(2-1-5-15-13)16-8-11-7-9-3-4-10(11)6-9/h1-2,5,9-11H,3-4,6-8H2. The maximum Gasteiger partial charge on any atom is 0.171 e. The largest absolute Gasteiger partial charge is 0.490 e.